The summed E-state index contributed by atoms with van der Waals surface area (Å²) in [7, 11) is -0.789. The average Bonchev–Trinajstić information content (AvgIpc) is 3.41. The Morgan fingerprint density at radius 2 is 1.68 bits per heavy atom. The van der Waals surface area contributed by atoms with Crippen molar-refractivity contribution < 1.29 is 41.0 Å². The molecule has 0 fully saturated rings. The van der Waals surface area contributed by atoms with E-state index in [1.807, 2.05) is 24.3 Å². The molecule has 3 rings (SSSR count). The van der Waals surface area contributed by atoms with E-state index < -0.39 is 22.2 Å². The number of ether oxygens (including phenoxy) is 1. The number of hydrogen-bond acceptors (Lipinski definition) is 7. The molecule has 0 saturated heterocycles. The lowest BCUT2D eigenvalue weighted by Gasteiger charge is -2.20. The zero-order valence-electron chi connectivity index (χ0n) is 21.4. The molecule has 0 aromatic heterocycles. The van der Waals surface area contributed by atoms with Crippen LogP contribution in [0.4, 0.5) is 13.2 Å². The maximum Gasteiger partial charge on any atom is 0.490 e. The minimum absolute atomic E-state index is 0.0419. The quantitative estimate of drug-likeness (QED) is 0.387. The van der Waals surface area contributed by atoms with E-state index in [1.54, 1.807) is 18.0 Å². The summed E-state index contributed by atoms with van der Waals surface area (Å²) in [6.07, 6.45) is -5.08. The number of carbonyl (C=O) groups excluding carboxylic acids is 1. The van der Waals surface area contributed by atoms with Crippen molar-refractivity contribution >= 4 is 50.9 Å². The van der Waals surface area contributed by atoms with Crippen LogP contribution < -0.4 is 5.32 Å². The van der Waals surface area contributed by atoms with Gasteiger partial charge in [-0.25, -0.2) is 13.2 Å². The van der Waals surface area contributed by atoms with Crippen molar-refractivity contribution in [2.45, 2.75) is 17.6 Å². The summed E-state index contributed by atoms with van der Waals surface area (Å²) in [5.74, 6) is -2.07. The molecule has 0 bridgehead atoms. The molecule has 2 aromatic carbocycles. The third-order valence-electron chi connectivity index (χ3n) is 5.35. The number of rotatable bonds is 10. The molecule has 0 spiro atoms. The van der Waals surface area contributed by atoms with Gasteiger partial charge in [-0.15, -0.1) is 0 Å². The molecule has 1 aliphatic heterocycles. The number of aliphatic imine (C=N–C) groups is 1. The second kappa shape index (κ2) is 14.6. The molecule has 220 valence electrons. The standard InChI is InChI=1S/C22H26Cl2N4O4S.C2HF3O2/c1-27(14-16-6-8-17(9-7-16)22-25-10-11-26-22)20(29)15-32-13-12-28(2)33(30,31)21-18(23)4-3-5-19(21)24;3-2(4,5)1(6)7/h3-9H,10-15H2,1-2H3,(H,25,26);(H,6,7). The third kappa shape index (κ3) is 9.63. The van der Waals surface area contributed by atoms with Gasteiger partial charge in [-0.2, -0.15) is 17.5 Å². The summed E-state index contributed by atoms with van der Waals surface area (Å²) in [5, 5.41) is 10.4. The van der Waals surface area contributed by atoms with Crippen LogP contribution in [0.3, 0.4) is 0 Å². The number of alkyl halides is 3. The fourth-order valence-electron chi connectivity index (χ4n) is 3.19. The first-order valence-corrected chi connectivity index (χ1v) is 13.7. The molecule has 1 aliphatic rings. The Balaban J connectivity index is 0.000000708. The van der Waals surface area contributed by atoms with Gasteiger partial charge < -0.3 is 20.1 Å². The third-order valence-corrected chi connectivity index (χ3v) is 8.17. The maximum atomic E-state index is 12.7. The van der Waals surface area contributed by atoms with Gasteiger partial charge in [0.1, 0.15) is 17.3 Å². The Labute approximate surface area is 239 Å². The summed E-state index contributed by atoms with van der Waals surface area (Å²) in [4.78, 5) is 27.1. The molecule has 40 heavy (non-hydrogen) atoms. The van der Waals surface area contributed by atoms with Gasteiger partial charge in [0.15, 0.2) is 0 Å². The largest absolute Gasteiger partial charge is 0.490 e. The molecule has 0 atom stereocenters. The zero-order chi connectivity index (χ0) is 30.1. The first-order chi connectivity index (χ1) is 18.6. The number of amides is 1. The van der Waals surface area contributed by atoms with Gasteiger partial charge in [-0.1, -0.05) is 53.5 Å². The van der Waals surface area contributed by atoms with E-state index in [1.165, 1.54) is 19.2 Å². The lowest BCUT2D eigenvalue weighted by Crippen LogP contribution is -2.33. The highest BCUT2D eigenvalue weighted by Gasteiger charge is 2.38. The fourth-order valence-corrected chi connectivity index (χ4v) is 5.43. The number of amidine groups is 1. The van der Waals surface area contributed by atoms with E-state index in [0.717, 1.165) is 34.4 Å². The number of nitrogens with zero attached hydrogens (tertiary/aromatic N) is 3. The molecular formula is C24H27Cl2F3N4O6S. The normalized spacial score (nSPS) is 13.2. The first-order valence-electron chi connectivity index (χ1n) is 11.5. The fraction of sp³-hybridized carbons (Fsp3) is 0.375. The monoisotopic (exact) mass is 626 g/mol. The molecule has 0 aliphatic carbocycles. The predicted molar refractivity (Wildman–Crippen MR) is 143 cm³/mol. The van der Waals surface area contributed by atoms with Crippen molar-refractivity contribution in [1.29, 1.82) is 0 Å². The number of likely N-dealkylation sites (N-methyl/N-ethyl adjacent to an activating group) is 2. The number of aliphatic carboxylic acids is 1. The number of hydrogen-bond donors (Lipinski definition) is 2. The Hall–Kier alpha value is -2.91. The van der Waals surface area contributed by atoms with E-state index in [9.17, 15) is 26.4 Å². The molecule has 10 nitrogen and oxygen atoms in total. The van der Waals surface area contributed by atoms with Gasteiger partial charge in [-0.05, 0) is 17.7 Å². The van der Waals surface area contributed by atoms with E-state index in [0.29, 0.717) is 6.54 Å². The number of benzene rings is 2. The summed E-state index contributed by atoms with van der Waals surface area (Å²) in [5.41, 5.74) is 2.00. The average molecular weight is 627 g/mol. The minimum atomic E-state index is -5.08. The Morgan fingerprint density at radius 1 is 1.10 bits per heavy atom. The summed E-state index contributed by atoms with van der Waals surface area (Å²) in [6, 6.07) is 12.4. The van der Waals surface area contributed by atoms with Crippen molar-refractivity contribution in [2.75, 3.05) is 46.9 Å². The van der Waals surface area contributed by atoms with Gasteiger partial charge >= 0.3 is 12.1 Å². The first kappa shape index (κ1) is 33.3. The van der Waals surface area contributed by atoms with E-state index >= 15 is 0 Å². The molecule has 0 radical (unpaired) electrons. The van der Waals surface area contributed by atoms with Crippen LogP contribution in [0.1, 0.15) is 11.1 Å². The number of nitrogens with one attached hydrogen (secondary N) is 1. The van der Waals surface area contributed by atoms with Crippen LogP contribution in [0.2, 0.25) is 10.0 Å². The maximum absolute atomic E-state index is 12.7. The Bertz CT molecular complexity index is 1300. The topological polar surface area (TPSA) is 129 Å². The van der Waals surface area contributed by atoms with Crippen LogP contribution in [0.5, 0.6) is 0 Å². The molecule has 2 N–H and O–H groups in total. The highest BCUT2D eigenvalue weighted by Crippen LogP contribution is 2.30. The zero-order valence-corrected chi connectivity index (χ0v) is 23.7. The number of carbonyl (C=O) groups is 2. The van der Waals surface area contributed by atoms with Crippen molar-refractivity contribution in [1.82, 2.24) is 14.5 Å². The molecule has 1 amide bonds. The summed E-state index contributed by atoms with van der Waals surface area (Å²) >= 11 is 12.0. The lowest BCUT2D eigenvalue weighted by atomic mass is 10.1. The van der Waals surface area contributed by atoms with Gasteiger partial charge in [-0.3, -0.25) is 9.79 Å². The molecule has 1 heterocycles. The van der Waals surface area contributed by atoms with Crippen molar-refractivity contribution in [3.63, 3.8) is 0 Å². The van der Waals surface area contributed by atoms with Crippen LogP contribution in [-0.2, 0) is 30.9 Å². The van der Waals surface area contributed by atoms with Crippen LogP contribution in [0.25, 0.3) is 0 Å². The second-order valence-electron chi connectivity index (χ2n) is 8.34. The van der Waals surface area contributed by atoms with Crippen LogP contribution in [0.15, 0.2) is 52.4 Å². The molecule has 0 saturated carbocycles. The lowest BCUT2D eigenvalue weighted by molar-refractivity contribution is -0.192. The predicted octanol–water partition coefficient (Wildman–Crippen LogP) is 3.27. The number of sulfonamides is 1. The number of carboxylic acid groups (broad SMARTS) is 1. The SMILES string of the molecule is CN(Cc1ccc(C2=NCCN2)cc1)C(=O)COCCN(C)S(=O)(=O)c1c(Cl)cccc1Cl.O=C(O)C(F)(F)F. The van der Waals surface area contributed by atoms with Crippen molar-refractivity contribution in [2.24, 2.45) is 4.99 Å². The van der Waals surface area contributed by atoms with Gasteiger partial charge in [0, 0.05) is 39.3 Å². The molecule has 2 aromatic rings. The summed E-state index contributed by atoms with van der Waals surface area (Å²) < 4.78 is 63.7. The summed E-state index contributed by atoms with van der Waals surface area (Å²) in [6.45, 7) is 1.99. The smallest absolute Gasteiger partial charge is 0.475 e. The van der Waals surface area contributed by atoms with Gasteiger partial charge in [0.05, 0.1) is 23.2 Å². The van der Waals surface area contributed by atoms with E-state index in [2.05, 4.69) is 10.3 Å². The van der Waals surface area contributed by atoms with Gasteiger partial charge in [0.2, 0.25) is 15.9 Å². The second-order valence-corrected chi connectivity index (χ2v) is 11.1. The molecule has 0 unspecified atom stereocenters. The molecular weight excluding hydrogens is 600 g/mol. The Kier molecular flexibility index (Phi) is 12.2. The van der Waals surface area contributed by atoms with Crippen LogP contribution >= 0.6 is 23.2 Å². The molecule has 16 heteroatoms. The minimum Gasteiger partial charge on any atom is -0.475 e. The van der Waals surface area contributed by atoms with Crippen LogP contribution in [0, 0.1) is 0 Å². The van der Waals surface area contributed by atoms with E-state index in [-0.39, 0.29) is 40.6 Å². The van der Waals surface area contributed by atoms with E-state index in [4.69, 9.17) is 37.8 Å². The van der Waals surface area contributed by atoms with Crippen LogP contribution in [-0.4, -0.2) is 93.6 Å². The number of carboxylic acids is 1. The van der Waals surface area contributed by atoms with Crippen molar-refractivity contribution in [3.8, 4) is 0 Å². The highest BCUT2D eigenvalue weighted by molar-refractivity contribution is 7.89. The highest BCUT2D eigenvalue weighted by atomic mass is 35.5. The number of halogens is 5. The Morgan fingerprint density at radius 3 is 2.17 bits per heavy atom. The van der Waals surface area contributed by atoms with Crippen molar-refractivity contribution in [3.05, 3.63) is 63.6 Å². The van der Waals surface area contributed by atoms with Gasteiger partial charge in [0.25, 0.3) is 0 Å².